The number of hydrogen-bond donors (Lipinski definition) is 1. The van der Waals surface area contributed by atoms with E-state index in [1.807, 2.05) is 13.8 Å². The van der Waals surface area contributed by atoms with Crippen molar-refractivity contribution < 1.29 is 14.3 Å². The number of carbonyl (C=O) groups excluding carboxylic acids is 2. The lowest BCUT2D eigenvalue weighted by molar-refractivity contribution is 0.0939. The average Bonchev–Trinajstić information content (AvgIpc) is 2.55. The molecule has 0 bridgehead atoms. The van der Waals surface area contributed by atoms with Crippen molar-refractivity contribution in [3.8, 4) is 0 Å². The van der Waals surface area contributed by atoms with E-state index in [0.717, 1.165) is 18.6 Å². The van der Waals surface area contributed by atoms with Crippen molar-refractivity contribution in [2.75, 3.05) is 32.1 Å². The van der Waals surface area contributed by atoms with E-state index in [0.29, 0.717) is 24.4 Å². The van der Waals surface area contributed by atoms with Gasteiger partial charge in [0, 0.05) is 30.8 Å². The Kier molecular flexibility index (Phi) is 5.93. The summed E-state index contributed by atoms with van der Waals surface area (Å²) in [5.74, 6) is 0.0665. The topological polar surface area (TPSA) is 58.6 Å². The molecule has 0 unspecified atom stereocenters. The van der Waals surface area contributed by atoms with E-state index in [1.54, 1.807) is 36.2 Å². The van der Waals surface area contributed by atoms with Gasteiger partial charge in [0.05, 0.1) is 13.2 Å². The fourth-order valence-corrected chi connectivity index (χ4v) is 2.37. The van der Waals surface area contributed by atoms with Crippen molar-refractivity contribution >= 4 is 17.5 Å². The molecule has 0 radical (unpaired) electrons. The zero-order valence-corrected chi connectivity index (χ0v) is 14.0. The average molecular weight is 316 g/mol. The fraction of sp³-hybridized carbons (Fsp3) is 0.444. The molecular weight excluding hydrogens is 292 g/mol. The number of anilines is 1. The van der Waals surface area contributed by atoms with Crippen LogP contribution < -0.4 is 5.32 Å². The highest BCUT2D eigenvalue weighted by atomic mass is 16.5. The second-order valence-corrected chi connectivity index (χ2v) is 6.09. The number of ether oxygens (including phenoxy) is 1. The highest BCUT2D eigenvalue weighted by molar-refractivity contribution is 5.98. The number of benzene rings is 1. The summed E-state index contributed by atoms with van der Waals surface area (Å²) in [6, 6.07) is 6.82. The van der Waals surface area contributed by atoms with Crippen LogP contribution in [0, 0.1) is 5.92 Å². The maximum Gasteiger partial charge on any atom is 0.321 e. The number of rotatable bonds is 5. The van der Waals surface area contributed by atoms with Gasteiger partial charge in [-0.3, -0.25) is 4.79 Å². The zero-order valence-electron chi connectivity index (χ0n) is 14.0. The van der Waals surface area contributed by atoms with E-state index in [-0.39, 0.29) is 17.7 Å². The van der Waals surface area contributed by atoms with Crippen LogP contribution >= 0.6 is 0 Å². The summed E-state index contributed by atoms with van der Waals surface area (Å²) in [5, 5.41) is 2.83. The quantitative estimate of drug-likeness (QED) is 0.669. The molecule has 0 aliphatic carbocycles. The Morgan fingerprint density at radius 1 is 1.26 bits per heavy atom. The van der Waals surface area contributed by atoms with Crippen LogP contribution in [0.3, 0.4) is 0 Å². The van der Waals surface area contributed by atoms with Gasteiger partial charge in [-0.2, -0.15) is 0 Å². The number of Topliss-reactive ketones (excluding diaryl/α,β-unsaturated/α-hetero) is 1. The van der Waals surface area contributed by atoms with E-state index in [4.69, 9.17) is 4.74 Å². The Labute approximate surface area is 137 Å². The molecule has 1 aromatic rings. The first-order chi connectivity index (χ1) is 11.0. The zero-order chi connectivity index (χ0) is 16.8. The molecule has 1 aliphatic rings. The maximum absolute atomic E-state index is 12.2. The van der Waals surface area contributed by atoms with Gasteiger partial charge in [0.2, 0.25) is 0 Å². The van der Waals surface area contributed by atoms with E-state index < -0.39 is 0 Å². The van der Waals surface area contributed by atoms with Crippen LogP contribution in [0.25, 0.3) is 0 Å². The Bertz CT molecular complexity index is 591. The van der Waals surface area contributed by atoms with Gasteiger partial charge in [-0.1, -0.05) is 19.9 Å². The summed E-state index contributed by atoms with van der Waals surface area (Å²) < 4.78 is 5.38. The number of urea groups is 1. The van der Waals surface area contributed by atoms with Gasteiger partial charge in [0.15, 0.2) is 5.78 Å². The lowest BCUT2D eigenvalue weighted by atomic mass is 10.0. The van der Waals surface area contributed by atoms with Crippen LogP contribution in [0.15, 0.2) is 35.9 Å². The van der Waals surface area contributed by atoms with Crippen LogP contribution in [0.4, 0.5) is 10.5 Å². The van der Waals surface area contributed by atoms with E-state index in [1.165, 1.54) is 0 Å². The Morgan fingerprint density at radius 3 is 2.52 bits per heavy atom. The molecule has 0 saturated carbocycles. The number of amides is 2. The van der Waals surface area contributed by atoms with Gasteiger partial charge in [0.25, 0.3) is 0 Å². The minimum absolute atomic E-state index is 0.0347. The normalized spacial score (nSPS) is 14.3. The van der Waals surface area contributed by atoms with Crippen molar-refractivity contribution in [2.24, 2.45) is 5.92 Å². The van der Waals surface area contributed by atoms with E-state index in [9.17, 15) is 9.59 Å². The standard InChI is InChI=1S/C18H24N2O3/c1-13(2)17(21)15-6-8-16(9-7-15)19-18(22)20(3)11-14-5-4-10-23-12-14/h5-9,13H,4,10-12H2,1-3H3,(H,19,22). The number of nitrogens with one attached hydrogen (secondary N) is 1. The van der Waals surface area contributed by atoms with E-state index >= 15 is 0 Å². The van der Waals surface area contributed by atoms with Crippen molar-refractivity contribution in [3.05, 3.63) is 41.5 Å². The molecule has 124 valence electrons. The van der Waals surface area contributed by atoms with Gasteiger partial charge in [-0.15, -0.1) is 0 Å². The molecule has 0 saturated heterocycles. The summed E-state index contributed by atoms with van der Waals surface area (Å²) >= 11 is 0. The van der Waals surface area contributed by atoms with Crippen molar-refractivity contribution in [2.45, 2.75) is 20.3 Å². The first kappa shape index (κ1) is 17.2. The SMILES string of the molecule is CC(C)C(=O)c1ccc(NC(=O)N(C)CC2=CCCOC2)cc1. The third kappa shape index (κ3) is 4.93. The first-order valence-corrected chi connectivity index (χ1v) is 7.89. The lowest BCUT2D eigenvalue weighted by Crippen LogP contribution is -2.34. The summed E-state index contributed by atoms with van der Waals surface area (Å²) in [6.45, 7) is 5.63. The first-order valence-electron chi connectivity index (χ1n) is 7.89. The highest BCUT2D eigenvalue weighted by Crippen LogP contribution is 2.14. The molecule has 2 amide bonds. The highest BCUT2D eigenvalue weighted by Gasteiger charge is 2.14. The smallest absolute Gasteiger partial charge is 0.321 e. The molecule has 1 heterocycles. The summed E-state index contributed by atoms with van der Waals surface area (Å²) in [6.07, 6.45) is 3.02. The number of carbonyl (C=O) groups is 2. The number of nitrogens with zero attached hydrogens (tertiary/aromatic N) is 1. The Hall–Kier alpha value is -2.14. The predicted molar refractivity (Wildman–Crippen MR) is 90.8 cm³/mol. The molecule has 0 fully saturated rings. The Morgan fingerprint density at radius 2 is 1.96 bits per heavy atom. The molecule has 23 heavy (non-hydrogen) atoms. The van der Waals surface area contributed by atoms with Gasteiger partial charge in [-0.05, 0) is 36.3 Å². The van der Waals surface area contributed by atoms with Crippen molar-refractivity contribution in [1.82, 2.24) is 4.90 Å². The lowest BCUT2D eigenvalue weighted by Gasteiger charge is -2.21. The molecule has 0 atom stereocenters. The maximum atomic E-state index is 12.2. The summed E-state index contributed by atoms with van der Waals surface area (Å²) in [7, 11) is 1.75. The molecule has 0 spiro atoms. The predicted octanol–water partition coefficient (Wildman–Crippen LogP) is 3.34. The van der Waals surface area contributed by atoms with Crippen LogP contribution in [0.1, 0.15) is 30.6 Å². The van der Waals surface area contributed by atoms with Gasteiger partial charge in [-0.25, -0.2) is 4.79 Å². The molecule has 0 aromatic heterocycles. The van der Waals surface area contributed by atoms with E-state index in [2.05, 4.69) is 11.4 Å². The van der Waals surface area contributed by atoms with Gasteiger partial charge >= 0.3 is 6.03 Å². The monoisotopic (exact) mass is 316 g/mol. The third-order valence-electron chi connectivity index (χ3n) is 3.71. The molecule has 1 N–H and O–H groups in total. The minimum atomic E-state index is -0.181. The largest absolute Gasteiger partial charge is 0.377 e. The number of ketones is 1. The molecule has 5 nitrogen and oxygen atoms in total. The minimum Gasteiger partial charge on any atom is -0.377 e. The molecule has 5 heteroatoms. The van der Waals surface area contributed by atoms with Crippen LogP contribution in [-0.2, 0) is 4.74 Å². The third-order valence-corrected chi connectivity index (χ3v) is 3.71. The number of likely N-dealkylation sites (N-methyl/N-ethyl adjacent to an activating group) is 1. The summed E-state index contributed by atoms with van der Waals surface area (Å²) in [4.78, 5) is 25.7. The van der Waals surface area contributed by atoms with Gasteiger partial charge in [0.1, 0.15) is 0 Å². The van der Waals surface area contributed by atoms with Crippen molar-refractivity contribution in [3.63, 3.8) is 0 Å². The Balaban J connectivity index is 1.91. The molecule has 1 aromatic carbocycles. The fourth-order valence-electron chi connectivity index (χ4n) is 2.37. The van der Waals surface area contributed by atoms with Crippen molar-refractivity contribution in [1.29, 1.82) is 0 Å². The molecule has 2 rings (SSSR count). The number of hydrogen-bond acceptors (Lipinski definition) is 3. The molecule has 1 aliphatic heterocycles. The second kappa shape index (κ2) is 7.92. The van der Waals surface area contributed by atoms with Gasteiger partial charge < -0.3 is 15.0 Å². The van der Waals surface area contributed by atoms with Crippen LogP contribution in [-0.4, -0.2) is 43.5 Å². The summed E-state index contributed by atoms with van der Waals surface area (Å²) in [5.41, 5.74) is 2.46. The van der Waals surface area contributed by atoms with Crippen LogP contribution in [0.5, 0.6) is 0 Å². The van der Waals surface area contributed by atoms with Crippen LogP contribution in [0.2, 0.25) is 0 Å². The molecular formula is C18H24N2O3. The second-order valence-electron chi connectivity index (χ2n) is 6.09.